The van der Waals surface area contributed by atoms with Gasteiger partial charge in [0.05, 0.1) is 13.2 Å². The Morgan fingerprint density at radius 1 is 0.522 bits per heavy atom. The second kappa shape index (κ2) is 11.5. The fourth-order valence-electron chi connectivity index (χ4n) is 7.67. The largest absolute Gasteiger partial charge is 0.494 e. The van der Waals surface area contributed by atoms with Crippen molar-refractivity contribution in [1.29, 1.82) is 0 Å². The molecule has 3 atom stereocenters. The molecule has 0 heterocycles. The Labute approximate surface area is 269 Å². The molecule has 0 saturated carbocycles. The van der Waals surface area contributed by atoms with Crippen molar-refractivity contribution in [3.05, 3.63) is 179 Å². The predicted molar refractivity (Wildman–Crippen MR) is 181 cm³/mol. The molecule has 0 aliphatic heterocycles. The zero-order valence-corrected chi connectivity index (χ0v) is 25.6. The van der Waals surface area contributed by atoms with E-state index in [1.807, 2.05) is 109 Å². The van der Waals surface area contributed by atoms with Crippen LogP contribution < -0.4 is 9.47 Å². The monoisotopic (exact) mass is 604 g/mol. The molecule has 0 bridgehead atoms. The van der Waals surface area contributed by atoms with Crippen LogP contribution in [0.15, 0.2) is 146 Å². The van der Waals surface area contributed by atoms with Crippen LogP contribution in [0.2, 0.25) is 0 Å². The van der Waals surface area contributed by atoms with Crippen LogP contribution in [0.1, 0.15) is 52.1 Å². The third kappa shape index (κ3) is 4.52. The number of aliphatic hydroxyl groups is 2. The van der Waals surface area contributed by atoms with E-state index in [9.17, 15) is 10.2 Å². The molecule has 0 spiro atoms. The van der Waals surface area contributed by atoms with E-state index in [0.717, 1.165) is 63.3 Å². The summed E-state index contributed by atoms with van der Waals surface area (Å²) >= 11 is 0. The Bertz CT molecular complexity index is 1890. The smallest absolute Gasteiger partial charge is 0.141 e. The highest BCUT2D eigenvalue weighted by Crippen LogP contribution is 2.55. The van der Waals surface area contributed by atoms with Gasteiger partial charge in [0.1, 0.15) is 22.7 Å². The van der Waals surface area contributed by atoms with Crippen molar-refractivity contribution in [2.24, 2.45) is 5.92 Å². The topological polar surface area (TPSA) is 58.9 Å². The van der Waals surface area contributed by atoms with E-state index >= 15 is 0 Å². The van der Waals surface area contributed by atoms with Gasteiger partial charge < -0.3 is 19.7 Å². The Hall–Kier alpha value is -4.90. The lowest BCUT2D eigenvalue weighted by atomic mass is 9.77. The number of allylic oxidation sites excluding steroid dienone is 3. The molecular weight excluding hydrogens is 568 g/mol. The number of benzene rings is 5. The van der Waals surface area contributed by atoms with Crippen LogP contribution in [0.25, 0.3) is 11.1 Å². The molecule has 0 amide bonds. The normalized spacial score (nSPS) is 21.3. The van der Waals surface area contributed by atoms with Crippen LogP contribution in [-0.2, 0) is 11.2 Å². The molecule has 228 valence electrons. The van der Waals surface area contributed by atoms with Crippen molar-refractivity contribution in [2.75, 3.05) is 13.2 Å². The first kappa shape index (κ1) is 28.6. The van der Waals surface area contributed by atoms with Crippen LogP contribution in [0.4, 0.5) is 0 Å². The van der Waals surface area contributed by atoms with Gasteiger partial charge in [0.2, 0.25) is 0 Å². The molecule has 4 nitrogen and oxygen atoms in total. The summed E-state index contributed by atoms with van der Waals surface area (Å²) in [5.41, 5.74) is 5.59. The quantitative estimate of drug-likeness (QED) is 0.166. The van der Waals surface area contributed by atoms with Gasteiger partial charge in [-0.1, -0.05) is 121 Å². The highest BCUT2D eigenvalue weighted by atomic mass is 16.5. The number of rotatable bonds is 9. The number of unbranched alkanes of at least 4 members (excludes halogenated alkanes) is 1. The Morgan fingerprint density at radius 2 is 1.02 bits per heavy atom. The summed E-state index contributed by atoms with van der Waals surface area (Å²) in [6.07, 6.45) is 10.1. The van der Waals surface area contributed by atoms with Crippen LogP contribution in [-0.4, -0.2) is 23.4 Å². The van der Waals surface area contributed by atoms with Crippen molar-refractivity contribution in [3.63, 3.8) is 0 Å². The summed E-state index contributed by atoms with van der Waals surface area (Å²) in [7, 11) is 0. The van der Waals surface area contributed by atoms with Gasteiger partial charge in [0, 0.05) is 23.0 Å². The van der Waals surface area contributed by atoms with Gasteiger partial charge in [-0.25, -0.2) is 0 Å². The van der Waals surface area contributed by atoms with Crippen LogP contribution >= 0.6 is 0 Å². The average Bonchev–Trinajstić information content (AvgIpc) is 3.54. The third-order valence-corrected chi connectivity index (χ3v) is 9.91. The predicted octanol–water partition coefficient (Wildman–Crippen LogP) is 8.26. The molecule has 2 N–H and O–H groups in total. The van der Waals surface area contributed by atoms with Crippen molar-refractivity contribution in [3.8, 4) is 22.6 Å². The summed E-state index contributed by atoms with van der Waals surface area (Å²) in [4.78, 5) is 0. The van der Waals surface area contributed by atoms with E-state index in [0.29, 0.717) is 13.2 Å². The zero-order chi connectivity index (χ0) is 31.1. The molecule has 46 heavy (non-hydrogen) atoms. The van der Waals surface area contributed by atoms with Crippen LogP contribution in [0.3, 0.4) is 0 Å². The minimum absolute atomic E-state index is 0.0289. The minimum Gasteiger partial charge on any atom is -0.494 e. The first-order chi connectivity index (χ1) is 22.6. The van der Waals surface area contributed by atoms with Gasteiger partial charge >= 0.3 is 0 Å². The van der Waals surface area contributed by atoms with Crippen molar-refractivity contribution >= 4 is 0 Å². The Balaban J connectivity index is 0.853. The maximum atomic E-state index is 12.1. The highest BCUT2D eigenvalue weighted by Gasteiger charge is 2.50. The molecule has 5 aromatic rings. The molecule has 8 rings (SSSR count). The molecule has 5 aromatic carbocycles. The van der Waals surface area contributed by atoms with Crippen LogP contribution in [0.5, 0.6) is 11.5 Å². The standard InChI is InChI=1S/C42H36O4/c43-41(37-15-5-1-11-33(37)34-12-2-6-16-38(34)41)29-19-23-31(24-20-29)45-27-9-10-28-46-32-25-21-30(22-26-32)42(44)39-17-7-3-13-35(39)36-14-4-8-18-40(36)42/h1-8,11-26,33,37,43-44H,9-10,27-28H2. The summed E-state index contributed by atoms with van der Waals surface area (Å²) in [5, 5.41) is 24.1. The van der Waals surface area contributed by atoms with E-state index in [1.54, 1.807) is 0 Å². The zero-order valence-electron chi connectivity index (χ0n) is 25.6. The maximum Gasteiger partial charge on any atom is 0.141 e. The fourth-order valence-corrected chi connectivity index (χ4v) is 7.67. The van der Waals surface area contributed by atoms with E-state index in [1.165, 1.54) is 5.56 Å². The maximum absolute atomic E-state index is 12.1. The third-order valence-electron chi connectivity index (χ3n) is 9.91. The summed E-state index contributed by atoms with van der Waals surface area (Å²) in [6.45, 7) is 1.16. The minimum atomic E-state index is -1.19. The lowest BCUT2D eigenvalue weighted by Crippen LogP contribution is -2.33. The molecule has 3 aliphatic rings. The molecule has 0 radical (unpaired) electrons. The van der Waals surface area contributed by atoms with E-state index in [2.05, 4.69) is 36.4 Å². The Kier molecular flexibility index (Phi) is 7.12. The van der Waals surface area contributed by atoms with Gasteiger partial charge in [-0.3, -0.25) is 0 Å². The van der Waals surface area contributed by atoms with Gasteiger partial charge in [-0.2, -0.15) is 0 Å². The first-order valence-electron chi connectivity index (χ1n) is 16.1. The fraction of sp³-hybridized carbons (Fsp3) is 0.190. The first-order valence-corrected chi connectivity index (χ1v) is 16.1. The van der Waals surface area contributed by atoms with E-state index in [-0.39, 0.29) is 11.8 Å². The van der Waals surface area contributed by atoms with Crippen molar-refractivity contribution in [2.45, 2.75) is 30.0 Å². The Morgan fingerprint density at radius 3 is 1.63 bits per heavy atom. The molecule has 3 unspecified atom stereocenters. The molecule has 4 heteroatoms. The molecule has 0 aromatic heterocycles. The highest BCUT2D eigenvalue weighted by molar-refractivity contribution is 5.82. The lowest BCUT2D eigenvalue weighted by Gasteiger charge is -2.32. The molecular formula is C42H36O4. The summed E-state index contributed by atoms with van der Waals surface area (Å²) in [6, 6.07) is 40.1. The summed E-state index contributed by atoms with van der Waals surface area (Å²) in [5.74, 6) is 1.72. The number of fused-ring (bicyclic) bond motifs is 6. The molecule has 0 saturated heterocycles. The molecule has 0 fully saturated rings. The molecule has 3 aliphatic carbocycles. The second-order valence-corrected chi connectivity index (χ2v) is 12.4. The van der Waals surface area contributed by atoms with Crippen molar-refractivity contribution < 1.29 is 19.7 Å². The second-order valence-electron chi connectivity index (χ2n) is 12.4. The van der Waals surface area contributed by atoms with Gasteiger partial charge in [0.25, 0.3) is 0 Å². The van der Waals surface area contributed by atoms with Crippen molar-refractivity contribution in [1.82, 2.24) is 0 Å². The van der Waals surface area contributed by atoms with E-state index < -0.39 is 11.2 Å². The number of ether oxygens (including phenoxy) is 2. The number of hydrogen-bond donors (Lipinski definition) is 2. The van der Waals surface area contributed by atoms with Gasteiger partial charge in [-0.15, -0.1) is 0 Å². The number of hydrogen-bond acceptors (Lipinski definition) is 4. The average molecular weight is 605 g/mol. The van der Waals surface area contributed by atoms with E-state index in [4.69, 9.17) is 9.47 Å². The van der Waals surface area contributed by atoms with Gasteiger partial charge in [0.15, 0.2) is 0 Å². The lowest BCUT2D eigenvalue weighted by molar-refractivity contribution is 0.0451. The van der Waals surface area contributed by atoms with Crippen LogP contribution in [0, 0.1) is 5.92 Å². The van der Waals surface area contributed by atoms with Gasteiger partial charge in [-0.05, 0) is 70.5 Å². The summed E-state index contributed by atoms with van der Waals surface area (Å²) < 4.78 is 12.1. The SMILES string of the molecule is OC1(c2ccc(OCCCCOc3ccc(C4(O)c5ccccc5C5C=CC=CC54)cc3)cc2)c2ccccc2-c2ccccc21.